The molecule has 6 N–H and O–H groups in total. The molecule has 0 saturated carbocycles. The fourth-order valence-electron chi connectivity index (χ4n) is 2.34. The lowest BCUT2D eigenvalue weighted by Gasteiger charge is -2.46. The third kappa shape index (κ3) is 3.72. The van der Waals surface area contributed by atoms with E-state index < -0.39 is 61.1 Å². The highest BCUT2D eigenvalue weighted by atomic mass is 16.7. The molecule has 0 aromatic heterocycles. The van der Waals surface area contributed by atoms with Gasteiger partial charge >= 0.3 is 5.97 Å². The number of methoxy groups -OCH3 is 1. The number of amides is 1. The number of carboxylic acids is 1. The second-order valence-electron chi connectivity index (χ2n) is 5.08. The molecule has 0 bridgehead atoms. The zero-order valence-electron chi connectivity index (χ0n) is 12.2. The van der Waals surface area contributed by atoms with Crippen molar-refractivity contribution in [1.82, 2.24) is 5.32 Å². The molecule has 0 aromatic rings. The molecule has 0 radical (unpaired) electrons. The quantitative estimate of drug-likeness (QED) is 0.295. The minimum atomic E-state index is -2.24. The maximum atomic E-state index is 11.3. The summed E-state index contributed by atoms with van der Waals surface area (Å²) in [5.74, 6) is -4.33. The van der Waals surface area contributed by atoms with Crippen molar-refractivity contribution < 1.29 is 44.6 Å². The molecule has 10 nitrogen and oxygen atoms in total. The van der Waals surface area contributed by atoms with Crippen LogP contribution < -0.4 is 5.32 Å². The number of hydrogen-bond donors (Lipinski definition) is 6. The Morgan fingerprint density at radius 3 is 2.45 bits per heavy atom. The molecule has 0 unspecified atom stereocenters. The Morgan fingerprint density at radius 1 is 1.45 bits per heavy atom. The molecule has 0 aromatic carbocycles. The van der Waals surface area contributed by atoms with Gasteiger partial charge in [0.15, 0.2) is 0 Å². The van der Waals surface area contributed by atoms with Crippen LogP contribution in [-0.4, -0.2) is 87.4 Å². The molecule has 22 heavy (non-hydrogen) atoms. The summed E-state index contributed by atoms with van der Waals surface area (Å²) < 4.78 is 10.0. The number of aliphatic hydroxyl groups excluding tert-OH is 4. The Hall–Kier alpha value is -1.30. The SMILES string of the molecule is CO[C@@]1(C(=O)O)C[C@@H](O)[C@H](NC(C)=O)[C@H]([C@H](O)[C@H](O)CO)O1. The minimum absolute atomic E-state index is 0.498. The Morgan fingerprint density at radius 2 is 2.05 bits per heavy atom. The van der Waals surface area contributed by atoms with Gasteiger partial charge in [-0.3, -0.25) is 4.79 Å². The summed E-state index contributed by atoms with van der Waals surface area (Å²) in [5.41, 5.74) is 0. The lowest BCUT2D eigenvalue weighted by atomic mass is 9.88. The van der Waals surface area contributed by atoms with Crippen LogP contribution in [0.5, 0.6) is 0 Å². The van der Waals surface area contributed by atoms with Gasteiger partial charge in [-0.1, -0.05) is 0 Å². The van der Waals surface area contributed by atoms with Gasteiger partial charge in [0.05, 0.1) is 18.8 Å². The molecule has 1 heterocycles. The average molecular weight is 323 g/mol. The maximum absolute atomic E-state index is 11.3. The molecule has 1 aliphatic heterocycles. The van der Waals surface area contributed by atoms with E-state index in [9.17, 15) is 30.0 Å². The third-order valence-electron chi connectivity index (χ3n) is 3.52. The van der Waals surface area contributed by atoms with Crippen molar-refractivity contribution in [1.29, 1.82) is 0 Å². The third-order valence-corrected chi connectivity index (χ3v) is 3.52. The summed E-state index contributed by atoms with van der Waals surface area (Å²) >= 11 is 0. The highest BCUT2D eigenvalue weighted by Gasteiger charge is 2.55. The molecule has 0 aliphatic carbocycles. The van der Waals surface area contributed by atoms with Gasteiger partial charge in [0.25, 0.3) is 5.79 Å². The Labute approximate surface area is 126 Å². The Kier molecular flexibility index (Phi) is 6.23. The topological polar surface area (TPSA) is 166 Å². The van der Waals surface area contributed by atoms with E-state index in [1.165, 1.54) is 0 Å². The molecule has 1 aliphatic rings. The van der Waals surface area contributed by atoms with Crippen LogP contribution in [0.4, 0.5) is 0 Å². The number of hydrogen-bond acceptors (Lipinski definition) is 8. The van der Waals surface area contributed by atoms with Gasteiger partial charge in [-0.15, -0.1) is 0 Å². The average Bonchev–Trinajstić information content (AvgIpc) is 2.46. The monoisotopic (exact) mass is 323 g/mol. The van der Waals surface area contributed by atoms with Crippen LogP contribution in [0.2, 0.25) is 0 Å². The van der Waals surface area contributed by atoms with Gasteiger partial charge in [-0.25, -0.2) is 4.79 Å². The standard InChI is InChI=1S/C12H21NO9/c1-5(15)13-8-6(16)3-12(21-2,11(19)20)22-10(8)9(18)7(17)4-14/h6-10,14,16-18H,3-4H2,1-2H3,(H,13,15)(H,19,20)/t6-,7-,8+,9-,10-,12+/m1/s1. The van der Waals surface area contributed by atoms with E-state index in [1.54, 1.807) is 0 Å². The fourth-order valence-corrected chi connectivity index (χ4v) is 2.34. The lowest BCUT2D eigenvalue weighted by molar-refractivity contribution is -0.303. The van der Waals surface area contributed by atoms with Crippen LogP contribution >= 0.6 is 0 Å². The molecule has 6 atom stereocenters. The highest BCUT2D eigenvalue weighted by Crippen LogP contribution is 2.32. The highest BCUT2D eigenvalue weighted by molar-refractivity contribution is 5.76. The number of carbonyl (C=O) groups is 2. The van der Waals surface area contributed by atoms with Gasteiger partial charge in [0.1, 0.15) is 18.3 Å². The normalized spacial score (nSPS) is 34.7. The first-order chi connectivity index (χ1) is 10.2. The van der Waals surface area contributed by atoms with E-state index in [-0.39, 0.29) is 0 Å². The molecular formula is C12H21NO9. The summed E-state index contributed by atoms with van der Waals surface area (Å²) in [6.07, 6.45) is -6.84. The summed E-state index contributed by atoms with van der Waals surface area (Å²) in [5, 5.41) is 50.1. The molecule has 128 valence electrons. The number of aliphatic carboxylic acids is 1. The number of nitrogens with one attached hydrogen (secondary N) is 1. The van der Waals surface area contributed by atoms with Crippen LogP contribution in [0.3, 0.4) is 0 Å². The molecule has 1 saturated heterocycles. The van der Waals surface area contributed by atoms with E-state index in [4.69, 9.17) is 14.6 Å². The predicted octanol–water partition coefficient (Wildman–Crippen LogP) is -3.22. The van der Waals surface area contributed by atoms with Crippen LogP contribution in [0, 0.1) is 0 Å². The summed E-state index contributed by atoms with van der Waals surface area (Å²) in [6, 6.07) is -1.18. The molecule has 1 rings (SSSR count). The van der Waals surface area contributed by atoms with Gasteiger partial charge in [0.2, 0.25) is 5.91 Å². The van der Waals surface area contributed by atoms with Crippen molar-refractivity contribution in [3.05, 3.63) is 0 Å². The summed E-state index contributed by atoms with van der Waals surface area (Å²) in [7, 11) is 1.05. The smallest absolute Gasteiger partial charge is 0.364 e. The molecule has 10 heteroatoms. The first-order valence-electron chi connectivity index (χ1n) is 6.57. The number of aliphatic hydroxyl groups is 4. The second kappa shape index (κ2) is 7.31. The van der Waals surface area contributed by atoms with Crippen molar-refractivity contribution in [2.45, 2.75) is 49.6 Å². The van der Waals surface area contributed by atoms with Crippen molar-refractivity contribution in [2.24, 2.45) is 0 Å². The van der Waals surface area contributed by atoms with Gasteiger partial charge in [-0.2, -0.15) is 0 Å². The van der Waals surface area contributed by atoms with Crippen LogP contribution in [0.1, 0.15) is 13.3 Å². The molecule has 1 fully saturated rings. The zero-order chi connectivity index (χ0) is 17.1. The first kappa shape index (κ1) is 18.7. The largest absolute Gasteiger partial charge is 0.477 e. The van der Waals surface area contributed by atoms with Gasteiger partial charge in [0, 0.05) is 20.5 Å². The van der Waals surface area contributed by atoms with Gasteiger partial charge < -0.3 is 40.3 Å². The van der Waals surface area contributed by atoms with E-state index in [2.05, 4.69) is 5.32 Å². The maximum Gasteiger partial charge on any atom is 0.364 e. The van der Waals surface area contributed by atoms with Crippen LogP contribution in [0.15, 0.2) is 0 Å². The van der Waals surface area contributed by atoms with E-state index >= 15 is 0 Å². The van der Waals surface area contributed by atoms with Crippen molar-refractivity contribution in [2.75, 3.05) is 13.7 Å². The number of carbonyl (C=O) groups excluding carboxylic acids is 1. The van der Waals surface area contributed by atoms with E-state index in [0.717, 1.165) is 14.0 Å². The predicted molar refractivity (Wildman–Crippen MR) is 69.6 cm³/mol. The van der Waals surface area contributed by atoms with Crippen LogP contribution in [0.25, 0.3) is 0 Å². The zero-order valence-corrected chi connectivity index (χ0v) is 12.2. The van der Waals surface area contributed by atoms with Crippen molar-refractivity contribution in [3.63, 3.8) is 0 Å². The van der Waals surface area contributed by atoms with E-state index in [1.807, 2.05) is 0 Å². The first-order valence-corrected chi connectivity index (χ1v) is 6.57. The minimum Gasteiger partial charge on any atom is -0.477 e. The summed E-state index contributed by atoms with van der Waals surface area (Å²) in [4.78, 5) is 22.6. The molecular weight excluding hydrogens is 302 g/mol. The van der Waals surface area contributed by atoms with Crippen molar-refractivity contribution in [3.8, 4) is 0 Å². The van der Waals surface area contributed by atoms with Gasteiger partial charge in [-0.05, 0) is 0 Å². The number of ether oxygens (including phenoxy) is 2. The fraction of sp³-hybridized carbons (Fsp3) is 0.833. The molecule has 1 amide bonds. The summed E-state index contributed by atoms with van der Waals surface area (Å²) in [6.45, 7) is 0.338. The second-order valence-corrected chi connectivity index (χ2v) is 5.08. The Balaban J connectivity index is 3.14. The Bertz CT molecular complexity index is 417. The lowest BCUT2D eigenvalue weighted by Crippen LogP contribution is -2.67. The molecule has 0 spiro atoms. The van der Waals surface area contributed by atoms with Crippen molar-refractivity contribution >= 4 is 11.9 Å². The van der Waals surface area contributed by atoms with Crippen LogP contribution in [-0.2, 0) is 19.1 Å². The van der Waals surface area contributed by atoms with E-state index in [0.29, 0.717) is 0 Å². The number of rotatable bonds is 6. The number of carboxylic acid groups (broad SMARTS) is 1.